The molecule has 1 saturated heterocycles. The number of ether oxygens (including phenoxy) is 1. The van der Waals surface area contributed by atoms with E-state index in [4.69, 9.17) is 4.74 Å². The van der Waals surface area contributed by atoms with E-state index >= 15 is 0 Å². The second-order valence-electron chi connectivity index (χ2n) is 19.8. The monoisotopic (exact) mass is 1240 g/mol. The van der Waals surface area contributed by atoms with Crippen molar-refractivity contribution in [2.24, 2.45) is 5.92 Å². The first-order chi connectivity index (χ1) is 39.1. The van der Waals surface area contributed by atoms with E-state index < -0.39 is 183 Å². The smallest absolute Gasteiger partial charge is 0.756 e. The van der Waals surface area contributed by atoms with E-state index in [1.54, 1.807) is 12.2 Å². The number of hydroxylamine groups is 6. The summed E-state index contributed by atoms with van der Waals surface area (Å²) >= 11 is 0. The number of rotatable bonds is 22. The van der Waals surface area contributed by atoms with E-state index in [1.165, 1.54) is 20.8 Å². The van der Waals surface area contributed by atoms with Crippen LogP contribution in [-0.2, 0) is 88.9 Å². The van der Waals surface area contributed by atoms with Crippen molar-refractivity contribution in [3.8, 4) is 0 Å². The maximum atomic E-state index is 14.0. The van der Waals surface area contributed by atoms with Gasteiger partial charge in [-0.3, -0.25) is 67.1 Å². The van der Waals surface area contributed by atoms with Gasteiger partial charge in [0.2, 0.25) is 76.8 Å². The Bertz CT molecular complexity index is 2280. The number of nitrogens with zero attached hydrogens (tertiary/aromatic N) is 3. The van der Waals surface area contributed by atoms with E-state index in [0.29, 0.717) is 6.42 Å². The molecule has 0 saturated carbocycles. The molecule has 1 fully saturated rings. The van der Waals surface area contributed by atoms with Crippen LogP contribution in [0.4, 0.5) is 0 Å². The van der Waals surface area contributed by atoms with Gasteiger partial charge in [-0.05, 0) is 64.2 Å². The average molecular weight is 1240 g/mol. The number of esters is 1. The predicted octanol–water partition coefficient (Wildman–Crippen LogP) is -3.75. The number of nitrogens with one attached hydrogen (secondary N) is 10. The second-order valence-corrected chi connectivity index (χ2v) is 19.8. The van der Waals surface area contributed by atoms with Crippen molar-refractivity contribution >= 4 is 82.8 Å². The van der Waals surface area contributed by atoms with E-state index in [0.717, 1.165) is 46.5 Å². The molecular weight excluding hydrogens is 1150 g/mol. The van der Waals surface area contributed by atoms with E-state index in [9.17, 15) is 87.9 Å². The van der Waals surface area contributed by atoms with Crippen LogP contribution in [0.15, 0.2) is 12.2 Å². The first-order valence-electron chi connectivity index (χ1n) is 27.3. The molecule has 1 aliphatic rings. The maximum Gasteiger partial charge on any atom is 3.00 e. The standard InChI is InChI=1S/C51H82N13O19.Fe/c1-8-9-10-11-12-13-14-21-40(69)57-39-29-83-43(72)27-54-46(74)35(18-15-22-62(80)32(5)66)56-41(70)25-52-45(73)31(4)55-48(76)37(20-17-24-64(82)34(7)68)59-49(77)38(28-65)60-51(79)44(30(2)3)61-42(71)26-53-47(75)36(58-50(39)78)19-16-23-63(81)33(6)67;/h13-14,30-31,35-39,44,65H,8-12,15-29H2,1-7H3,(H,52,73)(H,53,75)(H,54,74)(H,55,76)(H,56,70)(H,57,69)(H,58,78)(H,59,77)(H,60,79)(H,61,71);/q-3;+3/b14-13-;/t31-,35-,36-,37-,38-,39-,44-;/m0./s1. The molecule has 84 heavy (non-hydrogen) atoms. The van der Waals surface area contributed by atoms with Gasteiger partial charge in [-0.15, -0.1) is 0 Å². The summed E-state index contributed by atoms with van der Waals surface area (Å²) in [5.41, 5.74) is 0. The van der Waals surface area contributed by atoms with Gasteiger partial charge in [0.15, 0.2) is 0 Å². The van der Waals surface area contributed by atoms with E-state index in [1.807, 2.05) is 6.92 Å². The topological polar surface area (TPSA) is 468 Å². The molecule has 0 aromatic heterocycles. The Morgan fingerprint density at radius 2 is 1.04 bits per heavy atom. The summed E-state index contributed by atoms with van der Waals surface area (Å²) in [5.74, 6) is -14.7. The van der Waals surface area contributed by atoms with Crippen molar-refractivity contribution in [3.05, 3.63) is 27.8 Å². The van der Waals surface area contributed by atoms with Crippen molar-refractivity contribution in [3.63, 3.8) is 0 Å². The summed E-state index contributed by atoms with van der Waals surface area (Å²) in [4.78, 5) is 183. The van der Waals surface area contributed by atoms with Crippen LogP contribution < -0.4 is 53.2 Å². The number of amides is 13. The van der Waals surface area contributed by atoms with Crippen molar-refractivity contribution in [1.29, 1.82) is 0 Å². The van der Waals surface area contributed by atoms with Gasteiger partial charge in [0.1, 0.15) is 55.4 Å². The minimum absolute atomic E-state index is 0. The van der Waals surface area contributed by atoms with E-state index in [2.05, 4.69) is 53.2 Å². The summed E-state index contributed by atoms with van der Waals surface area (Å²) in [5, 5.41) is 69.9. The molecule has 0 aliphatic carbocycles. The normalized spacial score (nSPS) is 21.6. The Labute approximate surface area is 497 Å². The molecule has 0 unspecified atom stereocenters. The van der Waals surface area contributed by atoms with Crippen LogP contribution >= 0.6 is 0 Å². The van der Waals surface area contributed by atoms with Gasteiger partial charge in [0, 0.05) is 46.8 Å². The van der Waals surface area contributed by atoms with Gasteiger partial charge in [0.05, 0.1) is 19.7 Å². The number of carbonyl (C=O) groups is 14. The zero-order valence-electron chi connectivity index (χ0n) is 48.4. The third-order valence-corrected chi connectivity index (χ3v) is 12.4. The first-order valence-corrected chi connectivity index (χ1v) is 27.3. The average Bonchev–Trinajstić information content (AvgIpc) is 3.54. The third kappa shape index (κ3) is 31.4. The number of aliphatic hydroxyl groups excluding tert-OH is 1. The van der Waals surface area contributed by atoms with Crippen LogP contribution in [-0.4, -0.2) is 198 Å². The molecule has 0 bridgehead atoms. The molecule has 0 aromatic carbocycles. The molecule has 32 nitrogen and oxygen atoms in total. The summed E-state index contributed by atoms with van der Waals surface area (Å²) < 4.78 is 5.27. The fraction of sp³-hybridized carbons (Fsp3) is 0.686. The van der Waals surface area contributed by atoms with Crippen LogP contribution in [0.2, 0.25) is 0 Å². The molecule has 1 heterocycles. The number of cyclic esters (lactones) is 1. The third-order valence-electron chi connectivity index (χ3n) is 12.4. The number of unbranched alkanes of at least 4 members (excludes halogenated alkanes) is 4. The van der Waals surface area contributed by atoms with Gasteiger partial charge in [-0.1, -0.05) is 52.2 Å². The first kappa shape index (κ1) is 76.7. The molecule has 33 heteroatoms. The summed E-state index contributed by atoms with van der Waals surface area (Å²) in [7, 11) is 0. The Balaban J connectivity index is 0.0000689. The molecule has 0 aromatic rings. The second kappa shape index (κ2) is 41.6. The number of aliphatic hydroxyl groups is 1. The molecule has 0 spiro atoms. The number of hydrogen-bond acceptors (Lipinski definition) is 19. The molecule has 1 aliphatic heterocycles. The van der Waals surface area contributed by atoms with Crippen molar-refractivity contribution in [2.75, 3.05) is 52.5 Å². The largest absolute Gasteiger partial charge is 3.00 e. The summed E-state index contributed by atoms with van der Waals surface area (Å²) in [6.45, 7) is 3.26. The summed E-state index contributed by atoms with van der Waals surface area (Å²) in [6, 6.07) is -11.2. The minimum Gasteiger partial charge on any atom is -0.756 e. The van der Waals surface area contributed by atoms with Gasteiger partial charge in [-0.25, -0.2) is 0 Å². The molecule has 7 atom stereocenters. The van der Waals surface area contributed by atoms with Gasteiger partial charge in [0.25, 0.3) is 0 Å². The molecule has 13 amide bonds. The van der Waals surface area contributed by atoms with Crippen LogP contribution in [0.25, 0.3) is 0 Å². The quantitative estimate of drug-likeness (QED) is 0.0163. The van der Waals surface area contributed by atoms with Gasteiger partial charge < -0.3 is 93.8 Å². The van der Waals surface area contributed by atoms with Crippen LogP contribution in [0, 0.1) is 21.5 Å². The van der Waals surface area contributed by atoms with Crippen molar-refractivity contribution < 1.29 is 94.0 Å². The van der Waals surface area contributed by atoms with E-state index in [-0.39, 0.29) is 77.2 Å². The Kier molecular flexibility index (Phi) is 38.0. The SMILES string of the molecule is CCCCCC/C=C\CC(=O)N[C@H]1COC(=O)CNC(=O)[C@H](CCCN([O-])C(C)=O)NC(=O)CNC(=O)[C@H](C)NC(=O)[C@H](CCCN([O-])C(C)=O)NC(=O)[C@H](CO)NC(=O)[C@H](C(C)C)NC(=O)CNC(=O)[C@H](CCCN([O-])C(C)=O)NC1=O.[Fe+3]. The van der Waals surface area contributed by atoms with Gasteiger partial charge >= 0.3 is 23.0 Å². The zero-order chi connectivity index (χ0) is 62.8. The van der Waals surface area contributed by atoms with Crippen molar-refractivity contribution in [1.82, 2.24) is 68.4 Å². The molecule has 1 radical (unpaired) electrons. The molecule has 11 N–H and O–H groups in total. The fourth-order valence-electron chi connectivity index (χ4n) is 7.53. The number of allylic oxidation sites excluding steroid dienone is 1. The number of carbonyl (C=O) groups excluding carboxylic acids is 14. The molecule has 1 rings (SSSR count). The predicted molar refractivity (Wildman–Crippen MR) is 294 cm³/mol. The Morgan fingerprint density at radius 1 is 0.583 bits per heavy atom. The van der Waals surface area contributed by atoms with Crippen LogP contribution in [0.3, 0.4) is 0 Å². The maximum absolute atomic E-state index is 14.0. The Hall–Kier alpha value is -7.32. The minimum atomic E-state index is -1.81. The summed E-state index contributed by atoms with van der Waals surface area (Å²) in [6.07, 6.45) is 5.97. The Morgan fingerprint density at radius 3 is 1.54 bits per heavy atom. The molecular formula is C51H82FeN13O19. The van der Waals surface area contributed by atoms with Crippen molar-refractivity contribution in [2.45, 2.75) is 168 Å². The fourth-order valence-corrected chi connectivity index (χ4v) is 7.53. The number of hydrogen-bond donors (Lipinski definition) is 11. The van der Waals surface area contributed by atoms with Crippen LogP contribution in [0.1, 0.15) is 126 Å². The van der Waals surface area contributed by atoms with Crippen LogP contribution in [0.5, 0.6) is 0 Å². The molecule has 473 valence electrons. The zero-order valence-corrected chi connectivity index (χ0v) is 49.5. The van der Waals surface area contributed by atoms with Gasteiger partial charge in [-0.2, -0.15) is 0 Å².